The van der Waals surface area contributed by atoms with E-state index in [1.165, 1.54) is 5.56 Å². The highest BCUT2D eigenvalue weighted by molar-refractivity contribution is 5.84. The van der Waals surface area contributed by atoms with Crippen molar-refractivity contribution in [3.8, 4) is 11.1 Å². The highest BCUT2D eigenvalue weighted by Crippen LogP contribution is 2.39. The molecule has 2 aromatic rings. The van der Waals surface area contributed by atoms with Crippen LogP contribution in [0.2, 0.25) is 0 Å². The molecule has 0 saturated carbocycles. The molecule has 2 N–H and O–H groups in total. The zero-order valence-corrected chi connectivity index (χ0v) is 23.0. The molecule has 0 atom stereocenters. The van der Waals surface area contributed by atoms with Crippen molar-refractivity contribution in [1.29, 1.82) is 0 Å². The van der Waals surface area contributed by atoms with E-state index in [1.54, 1.807) is 20.8 Å². The minimum Gasteiger partial charge on any atom is -0.481 e. The monoisotopic (exact) mass is 483 g/mol. The molecule has 6 nitrogen and oxygen atoms in total. The molecule has 35 heavy (non-hydrogen) atoms. The molecule has 3 heterocycles. The Hall–Kier alpha value is -2.47. The van der Waals surface area contributed by atoms with Crippen LogP contribution < -0.4 is 4.90 Å². The van der Waals surface area contributed by atoms with Crippen LogP contribution >= 0.6 is 0 Å². The standard InChI is InChI=1S/C25H35N3O2.C4H10O/c1-17(2)6-7-19-12-20(15-26-14-19)22-16-27-18(3)21(13-23(29)30)24(22)28-10-8-25(4,5)9-11-28;1-4(2,3)5/h12,14-17H,6-11,13H2,1-5H3,(H,29,30);5H,1-3H3. The van der Waals surface area contributed by atoms with E-state index in [1.807, 2.05) is 25.5 Å². The van der Waals surface area contributed by atoms with E-state index in [2.05, 4.69) is 48.6 Å². The molecule has 1 aliphatic rings. The normalized spacial score (nSPS) is 15.5. The van der Waals surface area contributed by atoms with Crippen molar-refractivity contribution in [3.05, 3.63) is 41.5 Å². The lowest BCUT2D eigenvalue weighted by Crippen LogP contribution is -2.38. The van der Waals surface area contributed by atoms with E-state index in [9.17, 15) is 9.90 Å². The van der Waals surface area contributed by atoms with E-state index in [0.717, 1.165) is 66.8 Å². The first-order valence-corrected chi connectivity index (χ1v) is 12.8. The minimum atomic E-state index is -0.820. The van der Waals surface area contributed by atoms with Crippen molar-refractivity contribution in [2.45, 2.75) is 93.1 Å². The quantitative estimate of drug-likeness (QED) is 0.497. The largest absolute Gasteiger partial charge is 0.481 e. The number of anilines is 1. The Morgan fingerprint density at radius 3 is 2.29 bits per heavy atom. The Kier molecular flexibility index (Phi) is 9.85. The van der Waals surface area contributed by atoms with Crippen molar-refractivity contribution in [2.75, 3.05) is 18.0 Å². The topological polar surface area (TPSA) is 86.6 Å². The van der Waals surface area contributed by atoms with Crippen molar-refractivity contribution < 1.29 is 15.0 Å². The van der Waals surface area contributed by atoms with Gasteiger partial charge < -0.3 is 15.1 Å². The SMILES string of the molecule is CC(C)(C)O.Cc1ncc(-c2cncc(CCC(C)C)c2)c(N2CCC(C)(C)CC2)c1CC(=O)O. The van der Waals surface area contributed by atoms with Crippen LogP contribution in [0.25, 0.3) is 11.1 Å². The molecule has 0 unspecified atom stereocenters. The van der Waals surface area contributed by atoms with Crippen LogP contribution in [-0.2, 0) is 17.6 Å². The predicted octanol–water partition coefficient (Wildman–Crippen LogP) is 6.07. The van der Waals surface area contributed by atoms with Crippen LogP contribution in [0.3, 0.4) is 0 Å². The number of carboxylic acids is 1. The Labute approximate surface area is 211 Å². The maximum absolute atomic E-state index is 11.7. The van der Waals surface area contributed by atoms with Crippen LogP contribution in [0.5, 0.6) is 0 Å². The summed E-state index contributed by atoms with van der Waals surface area (Å²) in [6.07, 6.45) is 10.0. The number of piperidine rings is 1. The van der Waals surface area contributed by atoms with Gasteiger partial charge in [0.2, 0.25) is 0 Å². The third-order valence-electron chi connectivity index (χ3n) is 6.24. The molecule has 0 aliphatic carbocycles. The summed E-state index contributed by atoms with van der Waals surface area (Å²) < 4.78 is 0. The number of nitrogens with zero attached hydrogens (tertiary/aromatic N) is 3. The van der Waals surface area contributed by atoms with E-state index in [0.29, 0.717) is 11.3 Å². The molecule has 1 aliphatic heterocycles. The van der Waals surface area contributed by atoms with Gasteiger partial charge in [0, 0.05) is 54.1 Å². The number of hydrogen-bond acceptors (Lipinski definition) is 5. The zero-order chi connectivity index (χ0) is 26.4. The summed E-state index contributed by atoms with van der Waals surface area (Å²) in [5.41, 5.74) is 5.71. The van der Waals surface area contributed by atoms with Crippen LogP contribution in [0.15, 0.2) is 24.7 Å². The molecule has 1 saturated heterocycles. The van der Waals surface area contributed by atoms with Gasteiger partial charge in [-0.3, -0.25) is 14.8 Å². The average Bonchev–Trinajstić information content (AvgIpc) is 2.73. The fourth-order valence-electron chi connectivity index (χ4n) is 4.13. The number of carbonyl (C=O) groups is 1. The molecule has 0 spiro atoms. The zero-order valence-electron chi connectivity index (χ0n) is 23.0. The number of aryl methyl sites for hydroxylation is 2. The number of aromatic nitrogens is 2. The lowest BCUT2D eigenvalue weighted by molar-refractivity contribution is -0.136. The summed E-state index contributed by atoms with van der Waals surface area (Å²) in [6.45, 7) is 18.1. The van der Waals surface area contributed by atoms with Gasteiger partial charge in [-0.25, -0.2) is 0 Å². The van der Waals surface area contributed by atoms with Crippen LogP contribution in [0.1, 0.15) is 84.5 Å². The third kappa shape index (κ3) is 9.60. The average molecular weight is 484 g/mol. The lowest BCUT2D eigenvalue weighted by atomic mass is 9.82. The molecule has 3 rings (SSSR count). The van der Waals surface area contributed by atoms with Crippen LogP contribution in [0, 0.1) is 18.3 Å². The third-order valence-corrected chi connectivity index (χ3v) is 6.24. The van der Waals surface area contributed by atoms with E-state index >= 15 is 0 Å². The van der Waals surface area contributed by atoms with Crippen molar-refractivity contribution in [3.63, 3.8) is 0 Å². The Morgan fingerprint density at radius 2 is 1.74 bits per heavy atom. The van der Waals surface area contributed by atoms with Crippen LogP contribution in [0.4, 0.5) is 5.69 Å². The van der Waals surface area contributed by atoms with Gasteiger partial charge in [-0.15, -0.1) is 0 Å². The van der Waals surface area contributed by atoms with E-state index in [-0.39, 0.29) is 6.42 Å². The van der Waals surface area contributed by atoms with Crippen LogP contribution in [-0.4, -0.2) is 44.8 Å². The molecule has 2 aromatic heterocycles. The Balaban J connectivity index is 0.000000784. The summed E-state index contributed by atoms with van der Waals surface area (Å²) >= 11 is 0. The fraction of sp³-hybridized carbons (Fsp3) is 0.621. The molecule has 0 bridgehead atoms. The van der Waals surface area contributed by atoms with Gasteiger partial charge in [-0.1, -0.05) is 27.7 Å². The number of rotatable bonds is 7. The number of aliphatic hydroxyl groups is 1. The summed E-state index contributed by atoms with van der Waals surface area (Å²) in [4.78, 5) is 23.1. The molecule has 0 aromatic carbocycles. The number of pyridine rings is 2. The van der Waals surface area contributed by atoms with Crippen molar-refractivity contribution in [1.82, 2.24) is 9.97 Å². The van der Waals surface area contributed by atoms with Gasteiger partial charge in [0.05, 0.1) is 17.7 Å². The lowest BCUT2D eigenvalue weighted by Gasteiger charge is -2.40. The van der Waals surface area contributed by atoms with Crippen molar-refractivity contribution >= 4 is 11.7 Å². The second kappa shape index (κ2) is 12.0. The first-order chi connectivity index (χ1) is 16.2. The van der Waals surface area contributed by atoms with Crippen molar-refractivity contribution in [2.24, 2.45) is 11.3 Å². The maximum Gasteiger partial charge on any atom is 0.307 e. The molecule has 0 radical (unpaired) electrons. The van der Waals surface area contributed by atoms with Gasteiger partial charge in [-0.2, -0.15) is 0 Å². The van der Waals surface area contributed by atoms with Gasteiger partial charge >= 0.3 is 5.97 Å². The smallest absolute Gasteiger partial charge is 0.307 e. The minimum absolute atomic E-state index is 0.0115. The highest BCUT2D eigenvalue weighted by atomic mass is 16.4. The van der Waals surface area contributed by atoms with Gasteiger partial charge in [0.1, 0.15) is 0 Å². The number of aliphatic carboxylic acids is 1. The van der Waals surface area contributed by atoms with Gasteiger partial charge in [-0.05, 0) is 76.3 Å². The Morgan fingerprint density at radius 1 is 1.14 bits per heavy atom. The summed E-state index contributed by atoms with van der Waals surface area (Å²) in [7, 11) is 0. The summed E-state index contributed by atoms with van der Waals surface area (Å²) in [5.74, 6) is -0.177. The molecule has 194 valence electrons. The molecular formula is C29H45N3O3. The molecule has 0 amide bonds. The first kappa shape index (κ1) is 28.8. The number of carboxylic acid groups (broad SMARTS) is 1. The van der Waals surface area contributed by atoms with E-state index < -0.39 is 11.6 Å². The maximum atomic E-state index is 11.7. The molecule has 6 heteroatoms. The fourth-order valence-corrected chi connectivity index (χ4v) is 4.13. The summed E-state index contributed by atoms with van der Waals surface area (Å²) in [5, 5.41) is 18.1. The molecular weight excluding hydrogens is 438 g/mol. The second-order valence-electron chi connectivity index (χ2n) is 12.0. The number of hydrogen-bond donors (Lipinski definition) is 2. The summed E-state index contributed by atoms with van der Waals surface area (Å²) in [6, 6.07) is 2.20. The predicted molar refractivity (Wildman–Crippen MR) is 144 cm³/mol. The first-order valence-electron chi connectivity index (χ1n) is 12.8. The molecule has 1 fully saturated rings. The Bertz CT molecular complexity index is 977. The second-order valence-corrected chi connectivity index (χ2v) is 12.0. The van der Waals surface area contributed by atoms with Gasteiger partial charge in [0.25, 0.3) is 0 Å². The highest BCUT2D eigenvalue weighted by Gasteiger charge is 2.29. The van der Waals surface area contributed by atoms with Gasteiger partial charge in [0.15, 0.2) is 0 Å². The van der Waals surface area contributed by atoms with E-state index in [4.69, 9.17) is 5.11 Å².